The number of amides is 1. The quantitative estimate of drug-likeness (QED) is 0.543. The molecule has 0 unspecified atom stereocenters. The summed E-state index contributed by atoms with van der Waals surface area (Å²) in [5.74, 6) is 0.00438. The van der Waals surface area contributed by atoms with E-state index in [0.29, 0.717) is 24.6 Å². The number of likely N-dealkylation sites (N-methyl/N-ethyl adjacent to an activating group) is 1. The summed E-state index contributed by atoms with van der Waals surface area (Å²) in [6, 6.07) is 4.74. The first-order chi connectivity index (χ1) is 10.9. The molecule has 0 spiro atoms. The second-order valence-corrected chi connectivity index (χ2v) is 5.01. The molecule has 23 heavy (non-hydrogen) atoms. The first-order valence-corrected chi connectivity index (χ1v) is 7.24. The standard InChI is InChI=1S/C17H23NO5/c1-6-18(10-12(2)3)16(19)11-23-17(20)14-8-7-13(21-4)9-15(14)22-5/h7-9H,2,6,10-11H2,1,3-5H3. The van der Waals surface area contributed by atoms with Crippen molar-refractivity contribution < 1.29 is 23.8 Å². The monoisotopic (exact) mass is 321 g/mol. The number of hydrogen-bond acceptors (Lipinski definition) is 5. The predicted octanol–water partition coefficient (Wildman–Crippen LogP) is 2.29. The van der Waals surface area contributed by atoms with E-state index in [-0.39, 0.29) is 18.1 Å². The summed E-state index contributed by atoms with van der Waals surface area (Å²) in [7, 11) is 2.97. The van der Waals surface area contributed by atoms with Gasteiger partial charge in [0.05, 0.1) is 14.2 Å². The molecule has 0 aliphatic rings. The number of nitrogens with zero attached hydrogens (tertiary/aromatic N) is 1. The van der Waals surface area contributed by atoms with Gasteiger partial charge in [0.25, 0.3) is 5.91 Å². The normalized spacial score (nSPS) is 9.91. The molecular formula is C17H23NO5. The van der Waals surface area contributed by atoms with E-state index >= 15 is 0 Å². The van der Waals surface area contributed by atoms with E-state index in [0.717, 1.165) is 5.57 Å². The largest absolute Gasteiger partial charge is 0.497 e. The van der Waals surface area contributed by atoms with Crippen molar-refractivity contribution in [3.8, 4) is 11.5 Å². The van der Waals surface area contributed by atoms with E-state index in [1.54, 1.807) is 17.0 Å². The van der Waals surface area contributed by atoms with Gasteiger partial charge in [0.1, 0.15) is 17.1 Å². The van der Waals surface area contributed by atoms with Crippen LogP contribution in [-0.2, 0) is 9.53 Å². The van der Waals surface area contributed by atoms with Gasteiger partial charge < -0.3 is 19.1 Å². The van der Waals surface area contributed by atoms with Crippen LogP contribution in [0.3, 0.4) is 0 Å². The number of methoxy groups -OCH3 is 2. The molecule has 0 bridgehead atoms. The highest BCUT2D eigenvalue weighted by Crippen LogP contribution is 2.25. The molecule has 0 radical (unpaired) electrons. The Labute approximate surface area is 136 Å². The summed E-state index contributed by atoms with van der Waals surface area (Å²) < 4.78 is 15.3. The molecule has 1 aromatic rings. The van der Waals surface area contributed by atoms with E-state index in [1.807, 2.05) is 13.8 Å². The third-order valence-electron chi connectivity index (χ3n) is 3.15. The number of carbonyl (C=O) groups is 2. The van der Waals surface area contributed by atoms with Crippen molar-refractivity contribution >= 4 is 11.9 Å². The molecular weight excluding hydrogens is 298 g/mol. The molecule has 0 atom stereocenters. The van der Waals surface area contributed by atoms with Crippen LogP contribution in [0.1, 0.15) is 24.2 Å². The van der Waals surface area contributed by atoms with Crippen molar-refractivity contribution in [1.29, 1.82) is 0 Å². The molecule has 0 aliphatic carbocycles. The fraction of sp³-hybridized carbons (Fsp3) is 0.412. The van der Waals surface area contributed by atoms with E-state index in [2.05, 4.69) is 6.58 Å². The van der Waals surface area contributed by atoms with Crippen molar-refractivity contribution in [3.63, 3.8) is 0 Å². The summed E-state index contributed by atoms with van der Waals surface area (Å²) in [5, 5.41) is 0. The highest BCUT2D eigenvalue weighted by Gasteiger charge is 2.18. The lowest BCUT2D eigenvalue weighted by atomic mass is 10.2. The second-order valence-electron chi connectivity index (χ2n) is 5.01. The number of ether oxygens (including phenoxy) is 3. The molecule has 1 aromatic carbocycles. The number of carbonyl (C=O) groups excluding carboxylic acids is 2. The first-order valence-electron chi connectivity index (χ1n) is 7.24. The van der Waals surface area contributed by atoms with Crippen LogP contribution in [0, 0.1) is 0 Å². The number of benzene rings is 1. The molecule has 0 aromatic heterocycles. The van der Waals surface area contributed by atoms with Crippen LogP contribution in [-0.4, -0.2) is 50.7 Å². The van der Waals surface area contributed by atoms with Crippen LogP contribution in [0.25, 0.3) is 0 Å². The second kappa shape index (κ2) is 8.82. The molecule has 0 saturated carbocycles. The molecule has 0 N–H and O–H groups in total. The van der Waals surface area contributed by atoms with Gasteiger partial charge in [-0.2, -0.15) is 0 Å². The molecule has 1 rings (SSSR count). The van der Waals surface area contributed by atoms with Gasteiger partial charge in [0, 0.05) is 19.2 Å². The van der Waals surface area contributed by atoms with E-state index in [1.165, 1.54) is 20.3 Å². The Bertz CT molecular complexity index is 582. The third kappa shape index (κ3) is 5.32. The van der Waals surface area contributed by atoms with Crippen LogP contribution in [0.15, 0.2) is 30.4 Å². The topological polar surface area (TPSA) is 65.1 Å². The van der Waals surface area contributed by atoms with Crippen LogP contribution in [0.4, 0.5) is 0 Å². The zero-order valence-electron chi connectivity index (χ0n) is 14.0. The van der Waals surface area contributed by atoms with Crippen molar-refractivity contribution in [3.05, 3.63) is 35.9 Å². The van der Waals surface area contributed by atoms with Crippen LogP contribution in [0.2, 0.25) is 0 Å². The fourth-order valence-corrected chi connectivity index (χ4v) is 1.97. The predicted molar refractivity (Wildman–Crippen MR) is 86.9 cm³/mol. The molecule has 0 heterocycles. The minimum atomic E-state index is -0.621. The lowest BCUT2D eigenvalue weighted by Gasteiger charge is -2.20. The Morgan fingerprint density at radius 3 is 2.43 bits per heavy atom. The van der Waals surface area contributed by atoms with Gasteiger partial charge in [-0.15, -0.1) is 0 Å². The molecule has 6 heteroatoms. The number of esters is 1. The van der Waals surface area contributed by atoms with Crippen molar-refractivity contribution in [1.82, 2.24) is 4.90 Å². The van der Waals surface area contributed by atoms with Gasteiger partial charge in [-0.3, -0.25) is 4.79 Å². The Kier molecular flexibility index (Phi) is 7.12. The maximum absolute atomic E-state index is 12.1. The van der Waals surface area contributed by atoms with Gasteiger partial charge in [0.15, 0.2) is 6.61 Å². The zero-order chi connectivity index (χ0) is 17.4. The van der Waals surface area contributed by atoms with Gasteiger partial charge in [-0.05, 0) is 26.0 Å². The van der Waals surface area contributed by atoms with Crippen molar-refractivity contribution in [2.24, 2.45) is 0 Å². The third-order valence-corrected chi connectivity index (χ3v) is 3.15. The summed E-state index contributed by atoms with van der Waals surface area (Å²) in [5.41, 5.74) is 1.10. The highest BCUT2D eigenvalue weighted by atomic mass is 16.5. The minimum Gasteiger partial charge on any atom is -0.497 e. The van der Waals surface area contributed by atoms with Gasteiger partial charge in [0.2, 0.25) is 0 Å². The maximum atomic E-state index is 12.1. The summed E-state index contributed by atoms with van der Waals surface area (Å²) in [6.07, 6.45) is 0. The summed E-state index contributed by atoms with van der Waals surface area (Å²) >= 11 is 0. The summed E-state index contributed by atoms with van der Waals surface area (Å²) in [6.45, 7) is 8.11. The lowest BCUT2D eigenvalue weighted by molar-refractivity contribution is -0.133. The van der Waals surface area contributed by atoms with Crippen LogP contribution in [0.5, 0.6) is 11.5 Å². The number of hydrogen-bond donors (Lipinski definition) is 0. The van der Waals surface area contributed by atoms with Gasteiger partial charge >= 0.3 is 5.97 Å². The first kappa shape index (κ1) is 18.5. The fourth-order valence-electron chi connectivity index (χ4n) is 1.97. The van der Waals surface area contributed by atoms with E-state index in [9.17, 15) is 9.59 Å². The molecule has 6 nitrogen and oxygen atoms in total. The zero-order valence-corrected chi connectivity index (χ0v) is 14.0. The molecule has 1 amide bonds. The Morgan fingerprint density at radius 2 is 1.91 bits per heavy atom. The molecule has 126 valence electrons. The Balaban J connectivity index is 2.73. The molecule has 0 aliphatic heterocycles. The van der Waals surface area contributed by atoms with Gasteiger partial charge in [-0.1, -0.05) is 12.2 Å². The SMILES string of the molecule is C=C(C)CN(CC)C(=O)COC(=O)c1ccc(OC)cc1OC. The average molecular weight is 321 g/mol. The van der Waals surface area contributed by atoms with E-state index in [4.69, 9.17) is 14.2 Å². The van der Waals surface area contributed by atoms with Crippen LogP contribution < -0.4 is 9.47 Å². The summed E-state index contributed by atoms with van der Waals surface area (Å²) in [4.78, 5) is 25.8. The molecule has 0 fully saturated rings. The smallest absolute Gasteiger partial charge is 0.342 e. The number of rotatable bonds is 8. The lowest BCUT2D eigenvalue weighted by Crippen LogP contribution is -2.35. The average Bonchev–Trinajstić information content (AvgIpc) is 2.56. The molecule has 0 saturated heterocycles. The Hall–Kier alpha value is -2.50. The minimum absolute atomic E-state index is 0.240. The Morgan fingerprint density at radius 1 is 1.22 bits per heavy atom. The van der Waals surface area contributed by atoms with Crippen molar-refractivity contribution in [2.75, 3.05) is 33.9 Å². The highest BCUT2D eigenvalue weighted by molar-refractivity contribution is 5.94. The van der Waals surface area contributed by atoms with Crippen LogP contribution >= 0.6 is 0 Å². The van der Waals surface area contributed by atoms with E-state index < -0.39 is 5.97 Å². The van der Waals surface area contributed by atoms with Gasteiger partial charge in [-0.25, -0.2) is 4.79 Å². The maximum Gasteiger partial charge on any atom is 0.342 e. The van der Waals surface area contributed by atoms with Crippen molar-refractivity contribution in [2.45, 2.75) is 13.8 Å².